The molecule has 19 heteroatoms. The minimum Gasteiger partial charge on any atom is -0.329 e. The summed E-state index contributed by atoms with van der Waals surface area (Å²) in [7, 11) is 1.37. The Labute approximate surface area is 315 Å². The van der Waals surface area contributed by atoms with Crippen LogP contribution in [0.2, 0.25) is 0 Å². The molecule has 1 saturated carbocycles. The van der Waals surface area contributed by atoms with E-state index >= 15 is 0 Å². The molecule has 10 nitrogen and oxygen atoms in total. The molecular formula is C37H37F9N8O2. The van der Waals surface area contributed by atoms with Gasteiger partial charge in [-0.2, -0.15) is 44.3 Å². The molecule has 0 radical (unpaired) electrons. The molecule has 2 aliphatic rings. The first-order valence-electron chi connectivity index (χ1n) is 17.8. The number of pyridine rings is 1. The Kier molecular flexibility index (Phi) is 11.7. The molecule has 2 amide bonds. The molecule has 0 saturated heterocycles. The van der Waals surface area contributed by atoms with E-state index in [0.29, 0.717) is 67.3 Å². The lowest BCUT2D eigenvalue weighted by Crippen LogP contribution is -2.33. The molecule has 1 aliphatic carbocycles. The zero-order valence-electron chi connectivity index (χ0n) is 30.0. The van der Waals surface area contributed by atoms with Crippen molar-refractivity contribution in [3.8, 4) is 0 Å². The van der Waals surface area contributed by atoms with Crippen molar-refractivity contribution < 1.29 is 49.1 Å². The number of fused-ring (bicyclic) bond motifs is 1. The highest BCUT2D eigenvalue weighted by Crippen LogP contribution is 2.38. The van der Waals surface area contributed by atoms with Gasteiger partial charge < -0.3 is 10.2 Å². The number of alkyl halides is 9. The van der Waals surface area contributed by atoms with E-state index in [4.69, 9.17) is 0 Å². The summed E-state index contributed by atoms with van der Waals surface area (Å²) in [5.74, 6) is -0.126. The number of hydrogen-bond donors (Lipinski definition) is 1. The van der Waals surface area contributed by atoms with Crippen molar-refractivity contribution in [3.05, 3.63) is 99.4 Å². The van der Waals surface area contributed by atoms with Crippen molar-refractivity contribution in [1.29, 1.82) is 0 Å². The van der Waals surface area contributed by atoms with Crippen LogP contribution in [-0.4, -0.2) is 61.5 Å². The second-order valence-corrected chi connectivity index (χ2v) is 14.1. The first-order valence-corrected chi connectivity index (χ1v) is 17.8. The molecule has 4 aromatic rings. The number of nitrogens with zero attached hydrogens (tertiary/aromatic N) is 7. The Morgan fingerprint density at radius 3 is 1.93 bits per heavy atom. The van der Waals surface area contributed by atoms with Crippen LogP contribution in [-0.2, 0) is 45.1 Å². The maximum atomic E-state index is 13.8. The standard InChI is InChI=1S/C37H37F9N8O2/c1-52-50-34(49-51-52)53(20-24-14-26(35(38,39)40)17-27(15-24)36(41,42)43)21-25-16-28(37(44,45)46)19-48-31(25)10-12-47-18-23-8-6-22(7-9-23)11-13-54-32(55)29-4-2-3-5-30(29)33(54)56/h2-5,14-17,19,22-23,47H,6-13,18,20-21H2,1H3/t22-,23-. The predicted octanol–water partition coefficient (Wildman–Crippen LogP) is 7.49. The first-order chi connectivity index (χ1) is 26.4. The average Bonchev–Trinajstić information content (AvgIpc) is 3.68. The summed E-state index contributed by atoms with van der Waals surface area (Å²) in [4.78, 5) is 32.9. The van der Waals surface area contributed by atoms with Crippen molar-refractivity contribution in [2.45, 2.75) is 70.1 Å². The van der Waals surface area contributed by atoms with Crippen molar-refractivity contribution in [2.75, 3.05) is 24.5 Å². The van der Waals surface area contributed by atoms with Crippen LogP contribution in [0.5, 0.6) is 0 Å². The zero-order chi connectivity index (χ0) is 40.4. The average molecular weight is 797 g/mol. The second-order valence-electron chi connectivity index (χ2n) is 14.1. The Hall–Kier alpha value is -5.07. The fourth-order valence-electron chi connectivity index (χ4n) is 7.18. The quantitative estimate of drug-likeness (QED) is 0.0843. The lowest BCUT2D eigenvalue weighted by Gasteiger charge is -2.29. The van der Waals surface area contributed by atoms with E-state index in [1.54, 1.807) is 24.3 Å². The van der Waals surface area contributed by atoms with Gasteiger partial charge in [-0.25, -0.2) is 0 Å². The van der Waals surface area contributed by atoms with Crippen LogP contribution in [0.3, 0.4) is 0 Å². The van der Waals surface area contributed by atoms with Gasteiger partial charge in [-0.3, -0.25) is 19.5 Å². The monoisotopic (exact) mass is 796 g/mol. The van der Waals surface area contributed by atoms with E-state index in [1.165, 1.54) is 11.9 Å². The summed E-state index contributed by atoms with van der Waals surface area (Å²) in [6, 6.07) is 8.67. The molecule has 0 bridgehead atoms. The SMILES string of the molecule is Cn1nnc(N(Cc2cc(C(F)(F)F)cc(C(F)(F)F)c2)Cc2cc(C(F)(F)F)cnc2CCNC[C@H]2CC[C@H](CCN3C(=O)c4ccccc4C3=O)CC2)n1. The highest BCUT2D eigenvalue weighted by Gasteiger charge is 2.38. The number of aryl methyl sites for hydroxylation is 1. The summed E-state index contributed by atoms with van der Waals surface area (Å²) in [6.45, 7) is 0.208. The number of rotatable bonds is 13. The number of imide groups is 1. The summed E-state index contributed by atoms with van der Waals surface area (Å²) in [5, 5.41) is 14.9. The normalized spacial score (nSPS) is 17.8. The smallest absolute Gasteiger partial charge is 0.329 e. The fraction of sp³-hybridized carbons (Fsp3) is 0.459. The van der Waals surface area contributed by atoms with Gasteiger partial charge in [-0.1, -0.05) is 30.1 Å². The van der Waals surface area contributed by atoms with Crippen LogP contribution in [0.15, 0.2) is 54.7 Å². The highest BCUT2D eigenvalue weighted by atomic mass is 19.4. The Morgan fingerprint density at radius 2 is 1.38 bits per heavy atom. The number of aromatic nitrogens is 5. The number of carbonyl (C=O) groups is 2. The molecule has 0 atom stereocenters. The molecule has 1 aliphatic heterocycles. The van der Waals surface area contributed by atoms with Crippen LogP contribution in [0.25, 0.3) is 0 Å². The number of anilines is 1. The molecule has 2 aromatic carbocycles. The first kappa shape index (κ1) is 40.6. The van der Waals surface area contributed by atoms with Crippen LogP contribution < -0.4 is 10.2 Å². The lowest BCUT2D eigenvalue weighted by atomic mass is 9.80. The van der Waals surface area contributed by atoms with E-state index in [1.807, 2.05) is 0 Å². The highest BCUT2D eigenvalue weighted by molar-refractivity contribution is 6.21. The lowest BCUT2D eigenvalue weighted by molar-refractivity contribution is -0.143. The number of amides is 2. The summed E-state index contributed by atoms with van der Waals surface area (Å²) in [5.41, 5.74) is -3.51. The predicted molar refractivity (Wildman–Crippen MR) is 183 cm³/mol. The van der Waals surface area contributed by atoms with Crippen molar-refractivity contribution >= 4 is 17.8 Å². The van der Waals surface area contributed by atoms with Gasteiger partial charge in [0.2, 0.25) is 0 Å². The minimum absolute atomic E-state index is 0.0107. The number of carbonyl (C=O) groups excluding carboxylic acids is 2. The van der Waals surface area contributed by atoms with E-state index in [0.717, 1.165) is 41.4 Å². The largest absolute Gasteiger partial charge is 0.417 e. The Balaban J connectivity index is 1.09. The van der Waals surface area contributed by atoms with E-state index in [-0.39, 0.29) is 41.5 Å². The summed E-state index contributed by atoms with van der Waals surface area (Å²) < 4.78 is 123. The third-order valence-corrected chi connectivity index (χ3v) is 10.1. The number of nitrogens with one attached hydrogen (secondary N) is 1. The number of halogens is 9. The molecule has 3 heterocycles. The zero-order valence-corrected chi connectivity index (χ0v) is 30.0. The molecule has 6 rings (SSSR count). The van der Waals surface area contributed by atoms with Gasteiger partial charge >= 0.3 is 18.5 Å². The molecule has 300 valence electrons. The topological polar surface area (TPSA) is 109 Å². The number of hydrogen-bond acceptors (Lipinski definition) is 8. The molecule has 56 heavy (non-hydrogen) atoms. The van der Waals surface area contributed by atoms with Crippen molar-refractivity contribution in [1.82, 2.24) is 35.4 Å². The van der Waals surface area contributed by atoms with Crippen LogP contribution >= 0.6 is 0 Å². The minimum atomic E-state index is -5.11. The van der Waals surface area contributed by atoms with Gasteiger partial charge in [-0.05, 0) is 90.4 Å². The van der Waals surface area contributed by atoms with E-state index < -0.39 is 53.9 Å². The van der Waals surface area contributed by atoms with Crippen LogP contribution in [0, 0.1) is 11.8 Å². The van der Waals surface area contributed by atoms with Crippen molar-refractivity contribution in [2.24, 2.45) is 18.9 Å². The summed E-state index contributed by atoms with van der Waals surface area (Å²) >= 11 is 0. The summed E-state index contributed by atoms with van der Waals surface area (Å²) in [6.07, 6.45) is -9.87. The van der Waals surface area contributed by atoms with E-state index in [2.05, 4.69) is 25.7 Å². The van der Waals surface area contributed by atoms with E-state index in [9.17, 15) is 49.1 Å². The van der Waals surface area contributed by atoms with Gasteiger partial charge in [0.25, 0.3) is 17.8 Å². The third-order valence-electron chi connectivity index (χ3n) is 10.1. The Morgan fingerprint density at radius 1 is 0.786 bits per heavy atom. The molecule has 2 aromatic heterocycles. The van der Waals surface area contributed by atoms with Crippen LogP contribution in [0.1, 0.15) is 86.3 Å². The van der Waals surface area contributed by atoms with Gasteiger partial charge in [-0.15, -0.1) is 5.10 Å². The fourth-order valence-corrected chi connectivity index (χ4v) is 7.18. The molecule has 1 fully saturated rings. The molecule has 0 spiro atoms. The maximum Gasteiger partial charge on any atom is 0.417 e. The molecule has 1 N–H and O–H groups in total. The molecular weight excluding hydrogens is 759 g/mol. The third kappa shape index (κ3) is 9.65. The van der Waals surface area contributed by atoms with Gasteiger partial charge in [0.15, 0.2) is 0 Å². The Bertz CT molecular complexity index is 1970. The van der Waals surface area contributed by atoms with Gasteiger partial charge in [0.1, 0.15) is 0 Å². The molecule has 0 unspecified atom stereocenters. The van der Waals surface area contributed by atoms with Crippen LogP contribution in [0.4, 0.5) is 45.5 Å². The number of tetrazole rings is 1. The number of benzene rings is 2. The second kappa shape index (κ2) is 16.2. The van der Waals surface area contributed by atoms with Gasteiger partial charge in [0.05, 0.1) is 34.9 Å². The van der Waals surface area contributed by atoms with Crippen molar-refractivity contribution in [3.63, 3.8) is 0 Å². The maximum absolute atomic E-state index is 13.8. The van der Waals surface area contributed by atoms with Gasteiger partial charge in [0, 0.05) is 44.5 Å².